The molecule has 0 aliphatic carbocycles. The number of carboxylic acid groups (broad SMARTS) is 1. The first-order valence-corrected chi connectivity index (χ1v) is 6.48. The van der Waals surface area contributed by atoms with Gasteiger partial charge in [-0.1, -0.05) is 23.5 Å². The van der Waals surface area contributed by atoms with Crippen LogP contribution in [0.1, 0.15) is 10.4 Å². The normalized spacial score (nSPS) is 10.2. The number of amides is 1. The Morgan fingerprint density at radius 2 is 1.95 bits per heavy atom. The Morgan fingerprint density at radius 3 is 2.53 bits per heavy atom. The summed E-state index contributed by atoms with van der Waals surface area (Å²) in [5, 5.41) is 19.9. The second-order valence-electron chi connectivity index (χ2n) is 3.48. The first-order valence-electron chi connectivity index (χ1n) is 5.13. The number of nitrogens with zero attached hydrogens (tertiary/aromatic N) is 2. The second kappa shape index (κ2) is 5.77. The van der Waals surface area contributed by atoms with Crippen molar-refractivity contribution in [2.24, 2.45) is 0 Å². The predicted octanol–water partition coefficient (Wildman–Crippen LogP) is 2.08. The molecule has 0 unspecified atom stereocenters. The van der Waals surface area contributed by atoms with E-state index in [-0.39, 0.29) is 17.4 Å². The molecule has 2 N–H and O–H groups in total. The SMILES string of the molecule is O=C(CCl)Nc1nnc(-c2ccc(C(=O)O)cc2)s1. The highest BCUT2D eigenvalue weighted by molar-refractivity contribution is 7.18. The molecule has 1 aromatic carbocycles. The van der Waals surface area contributed by atoms with E-state index in [0.29, 0.717) is 10.1 Å². The topological polar surface area (TPSA) is 92.2 Å². The third-order valence-corrected chi connectivity index (χ3v) is 3.30. The smallest absolute Gasteiger partial charge is 0.335 e. The molecule has 1 aromatic heterocycles. The van der Waals surface area contributed by atoms with Gasteiger partial charge in [-0.3, -0.25) is 10.1 Å². The Labute approximate surface area is 117 Å². The van der Waals surface area contributed by atoms with E-state index in [1.54, 1.807) is 12.1 Å². The van der Waals surface area contributed by atoms with Crippen LogP contribution in [0.2, 0.25) is 0 Å². The Hall–Kier alpha value is -1.99. The number of benzene rings is 1. The van der Waals surface area contributed by atoms with Gasteiger partial charge in [0.1, 0.15) is 10.9 Å². The number of nitrogens with one attached hydrogen (secondary N) is 1. The molecule has 0 spiro atoms. The van der Waals surface area contributed by atoms with Crippen LogP contribution >= 0.6 is 22.9 Å². The molecule has 0 saturated carbocycles. The third-order valence-electron chi connectivity index (χ3n) is 2.17. The number of halogens is 1. The lowest BCUT2D eigenvalue weighted by Gasteiger charge is -1.97. The highest BCUT2D eigenvalue weighted by Gasteiger charge is 2.10. The number of carbonyl (C=O) groups is 2. The highest BCUT2D eigenvalue weighted by Crippen LogP contribution is 2.26. The molecule has 0 radical (unpaired) electrons. The van der Waals surface area contributed by atoms with E-state index in [4.69, 9.17) is 16.7 Å². The minimum absolute atomic E-state index is 0.151. The number of carbonyl (C=O) groups excluding carboxylic acids is 1. The maximum atomic E-state index is 11.1. The average molecular weight is 298 g/mol. The summed E-state index contributed by atoms with van der Waals surface area (Å²) in [7, 11) is 0. The molecular formula is C11H8ClN3O3S. The van der Waals surface area contributed by atoms with Crippen LogP contribution in [0.15, 0.2) is 24.3 Å². The number of carboxylic acids is 1. The number of aromatic nitrogens is 2. The van der Waals surface area contributed by atoms with Crippen LogP contribution in [0.5, 0.6) is 0 Å². The van der Waals surface area contributed by atoms with Crippen LogP contribution in [-0.2, 0) is 4.79 Å². The molecule has 1 heterocycles. The summed E-state index contributed by atoms with van der Waals surface area (Å²) < 4.78 is 0. The largest absolute Gasteiger partial charge is 0.478 e. The quantitative estimate of drug-likeness (QED) is 0.843. The summed E-state index contributed by atoms with van der Waals surface area (Å²) in [6.07, 6.45) is 0. The Bertz CT molecular complexity index is 612. The molecule has 2 rings (SSSR count). The minimum atomic E-state index is -0.987. The van der Waals surface area contributed by atoms with Gasteiger partial charge in [-0.15, -0.1) is 21.8 Å². The van der Waals surface area contributed by atoms with Crippen LogP contribution in [0.25, 0.3) is 10.6 Å². The summed E-state index contributed by atoms with van der Waals surface area (Å²) in [6, 6.07) is 6.24. The van der Waals surface area contributed by atoms with E-state index in [1.807, 2.05) is 0 Å². The van der Waals surface area contributed by atoms with Crippen molar-refractivity contribution in [3.8, 4) is 10.6 Å². The van der Waals surface area contributed by atoms with E-state index < -0.39 is 5.97 Å². The molecule has 0 aliphatic rings. The monoisotopic (exact) mass is 297 g/mol. The predicted molar refractivity (Wildman–Crippen MR) is 71.7 cm³/mol. The van der Waals surface area contributed by atoms with Crippen molar-refractivity contribution in [1.82, 2.24) is 10.2 Å². The Balaban J connectivity index is 2.18. The van der Waals surface area contributed by atoms with E-state index in [0.717, 1.165) is 5.56 Å². The van der Waals surface area contributed by atoms with Crippen LogP contribution in [0.4, 0.5) is 5.13 Å². The van der Waals surface area contributed by atoms with Gasteiger partial charge in [-0.25, -0.2) is 4.79 Å². The fourth-order valence-corrected chi connectivity index (χ4v) is 2.13. The fraction of sp³-hybridized carbons (Fsp3) is 0.0909. The van der Waals surface area contributed by atoms with Crippen molar-refractivity contribution < 1.29 is 14.7 Å². The van der Waals surface area contributed by atoms with E-state index in [1.165, 1.54) is 23.5 Å². The zero-order valence-corrected chi connectivity index (χ0v) is 11.0. The number of rotatable bonds is 4. The molecule has 0 atom stereocenters. The van der Waals surface area contributed by atoms with E-state index in [2.05, 4.69) is 15.5 Å². The molecule has 8 heteroatoms. The van der Waals surface area contributed by atoms with Crippen molar-refractivity contribution in [1.29, 1.82) is 0 Å². The second-order valence-corrected chi connectivity index (χ2v) is 4.72. The highest BCUT2D eigenvalue weighted by atomic mass is 35.5. The van der Waals surface area contributed by atoms with Crippen molar-refractivity contribution in [2.75, 3.05) is 11.2 Å². The van der Waals surface area contributed by atoms with Gasteiger partial charge in [0.15, 0.2) is 0 Å². The number of alkyl halides is 1. The van der Waals surface area contributed by atoms with Crippen LogP contribution in [0.3, 0.4) is 0 Å². The van der Waals surface area contributed by atoms with Crippen LogP contribution < -0.4 is 5.32 Å². The fourth-order valence-electron chi connectivity index (χ4n) is 1.30. The molecular weight excluding hydrogens is 290 g/mol. The number of hydrogen-bond donors (Lipinski definition) is 2. The van der Waals surface area contributed by atoms with Gasteiger partial charge in [-0.05, 0) is 12.1 Å². The zero-order valence-electron chi connectivity index (χ0n) is 9.46. The molecule has 0 saturated heterocycles. The molecule has 1 amide bonds. The van der Waals surface area contributed by atoms with Crippen LogP contribution in [-0.4, -0.2) is 33.1 Å². The van der Waals surface area contributed by atoms with E-state index >= 15 is 0 Å². The van der Waals surface area contributed by atoms with E-state index in [9.17, 15) is 9.59 Å². The summed E-state index contributed by atoms with van der Waals surface area (Å²) in [5.74, 6) is -1.49. The van der Waals surface area contributed by atoms with Gasteiger partial charge < -0.3 is 5.11 Å². The van der Waals surface area contributed by atoms with Gasteiger partial charge in [0.2, 0.25) is 11.0 Å². The van der Waals surface area contributed by atoms with Crippen molar-refractivity contribution in [3.05, 3.63) is 29.8 Å². The molecule has 0 aliphatic heterocycles. The Kier molecular flexibility index (Phi) is 4.08. The van der Waals surface area contributed by atoms with Gasteiger partial charge in [0.05, 0.1) is 5.56 Å². The maximum Gasteiger partial charge on any atom is 0.335 e. The minimum Gasteiger partial charge on any atom is -0.478 e. The summed E-state index contributed by atoms with van der Waals surface area (Å²) in [4.78, 5) is 21.8. The maximum absolute atomic E-state index is 11.1. The van der Waals surface area contributed by atoms with Gasteiger partial charge in [0, 0.05) is 5.56 Å². The van der Waals surface area contributed by atoms with Crippen molar-refractivity contribution in [2.45, 2.75) is 0 Å². The third kappa shape index (κ3) is 3.27. The number of aromatic carboxylic acids is 1. The standard InChI is InChI=1S/C11H8ClN3O3S/c12-5-8(16)13-11-15-14-9(19-11)6-1-3-7(4-2-6)10(17)18/h1-4H,5H2,(H,17,18)(H,13,15,16). The lowest BCUT2D eigenvalue weighted by atomic mass is 10.1. The molecule has 0 bridgehead atoms. The summed E-state index contributed by atoms with van der Waals surface area (Å²) in [6.45, 7) is 0. The lowest BCUT2D eigenvalue weighted by molar-refractivity contribution is -0.113. The lowest BCUT2D eigenvalue weighted by Crippen LogP contribution is -2.12. The summed E-state index contributed by atoms with van der Waals surface area (Å²) in [5.41, 5.74) is 0.929. The molecule has 6 nitrogen and oxygen atoms in total. The van der Waals surface area contributed by atoms with Crippen molar-refractivity contribution in [3.63, 3.8) is 0 Å². The zero-order chi connectivity index (χ0) is 13.8. The van der Waals surface area contributed by atoms with Crippen LogP contribution in [0, 0.1) is 0 Å². The van der Waals surface area contributed by atoms with Crippen molar-refractivity contribution >= 4 is 39.9 Å². The van der Waals surface area contributed by atoms with Gasteiger partial charge >= 0.3 is 5.97 Å². The molecule has 2 aromatic rings. The van der Waals surface area contributed by atoms with Gasteiger partial charge in [-0.2, -0.15) is 0 Å². The summed E-state index contributed by atoms with van der Waals surface area (Å²) >= 11 is 6.55. The number of hydrogen-bond acceptors (Lipinski definition) is 5. The molecule has 0 fully saturated rings. The first-order chi connectivity index (χ1) is 9.10. The number of anilines is 1. The first kappa shape index (κ1) is 13.4. The average Bonchev–Trinajstić information content (AvgIpc) is 2.87. The Morgan fingerprint density at radius 1 is 1.26 bits per heavy atom. The van der Waals surface area contributed by atoms with Gasteiger partial charge in [0.25, 0.3) is 0 Å². The molecule has 98 valence electrons. The molecule has 19 heavy (non-hydrogen) atoms.